The molecule has 0 bridgehead atoms. The van der Waals surface area contributed by atoms with E-state index in [1.54, 1.807) is 0 Å². The maximum atomic E-state index is 9.54. The fourth-order valence-electron chi connectivity index (χ4n) is 2.04. The Hall–Kier alpha value is -0.820. The number of hydrogen-bond acceptors (Lipinski definition) is 1. The van der Waals surface area contributed by atoms with E-state index in [9.17, 15) is 5.11 Å². The standard InChI is InChI=1S/C12H16O/c13-12-7-3-6-10-4-1-2-5-11(10)8-9-12/h1-2,4-5,12-13H,3,6-9H2. The quantitative estimate of drug-likeness (QED) is 0.643. The van der Waals surface area contributed by atoms with E-state index in [0.717, 1.165) is 32.1 Å². The Morgan fingerprint density at radius 1 is 1.00 bits per heavy atom. The molecule has 0 aromatic heterocycles. The molecule has 1 unspecified atom stereocenters. The molecule has 0 saturated heterocycles. The van der Waals surface area contributed by atoms with Crippen LogP contribution in [0.1, 0.15) is 30.4 Å². The van der Waals surface area contributed by atoms with Gasteiger partial charge in [0.15, 0.2) is 0 Å². The van der Waals surface area contributed by atoms with E-state index in [4.69, 9.17) is 0 Å². The molecule has 0 saturated carbocycles. The Labute approximate surface area is 79.4 Å². The van der Waals surface area contributed by atoms with E-state index in [1.165, 1.54) is 11.1 Å². The predicted molar refractivity (Wildman–Crippen MR) is 53.7 cm³/mol. The van der Waals surface area contributed by atoms with Crippen molar-refractivity contribution in [3.63, 3.8) is 0 Å². The van der Waals surface area contributed by atoms with Crippen LogP contribution in [-0.2, 0) is 12.8 Å². The predicted octanol–water partition coefficient (Wildman–Crippen LogP) is 2.32. The lowest BCUT2D eigenvalue weighted by Crippen LogP contribution is -2.12. The molecule has 1 aliphatic carbocycles. The van der Waals surface area contributed by atoms with E-state index >= 15 is 0 Å². The van der Waals surface area contributed by atoms with Gasteiger partial charge in [-0.3, -0.25) is 0 Å². The topological polar surface area (TPSA) is 20.2 Å². The van der Waals surface area contributed by atoms with Crippen molar-refractivity contribution in [3.8, 4) is 0 Å². The van der Waals surface area contributed by atoms with Gasteiger partial charge >= 0.3 is 0 Å². The second-order valence-corrected chi connectivity index (χ2v) is 3.85. The third-order valence-electron chi connectivity index (χ3n) is 2.85. The molecule has 1 nitrogen and oxygen atoms in total. The first-order valence-electron chi connectivity index (χ1n) is 5.11. The van der Waals surface area contributed by atoms with Crippen LogP contribution in [0.25, 0.3) is 0 Å². The van der Waals surface area contributed by atoms with Crippen molar-refractivity contribution in [2.45, 2.75) is 38.2 Å². The van der Waals surface area contributed by atoms with Gasteiger partial charge in [0.05, 0.1) is 6.10 Å². The van der Waals surface area contributed by atoms with Crippen molar-refractivity contribution in [2.24, 2.45) is 0 Å². The summed E-state index contributed by atoms with van der Waals surface area (Å²) in [6, 6.07) is 8.60. The zero-order valence-electron chi connectivity index (χ0n) is 7.87. The first-order valence-corrected chi connectivity index (χ1v) is 5.11. The molecule has 0 amide bonds. The van der Waals surface area contributed by atoms with Crippen LogP contribution in [0, 0.1) is 0 Å². The molecule has 13 heavy (non-hydrogen) atoms. The van der Waals surface area contributed by atoms with Crippen LogP contribution in [0.15, 0.2) is 24.3 Å². The van der Waals surface area contributed by atoms with Crippen molar-refractivity contribution < 1.29 is 5.11 Å². The Morgan fingerprint density at radius 2 is 1.69 bits per heavy atom. The van der Waals surface area contributed by atoms with Gasteiger partial charge in [0.25, 0.3) is 0 Å². The summed E-state index contributed by atoms with van der Waals surface area (Å²) >= 11 is 0. The van der Waals surface area contributed by atoms with Gasteiger partial charge in [-0.15, -0.1) is 0 Å². The zero-order valence-corrected chi connectivity index (χ0v) is 7.87. The maximum absolute atomic E-state index is 9.54. The SMILES string of the molecule is OC1CCCc2ccccc2CC1. The van der Waals surface area contributed by atoms with Crippen LogP contribution in [0.3, 0.4) is 0 Å². The van der Waals surface area contributed by atoms with Gasteiger partial charge in [0, 0.05) is 0 Å². The summed E-state index contributed by atoms with van der Waals surface area (Å²) in [5.74, 6) is 0. The molecule has 0 radical (unpaired) electrons. The normalized spacial score (nSPS) is 23.0. The van der Waals surface area contributed by atoms with Crippen LogP contribution >= 0.6 is 0 Å². The second-order valence-electron chi connectivity index (χ2n) is 3.85. The van der Waals surface area contributed by atoms with Gasteiger partial charge in [-0.2, -0.15) is 0 Å². The highest BCUT2D eigenvalue weighted by molar-refractivity contribution is 5.27. The Morgan fingerprint density at radius 3 is 2.46 bits per heavy atom. The molecule has 2 rings (SSSR count). The minimum absolute atomic E-state index is 0.0756. The lowest BCUT2D eigenvalue weighted by Gasteiger charge is -2.17. The first kappa shape index (κ1) is 8.76. The molecule has 1 aliphatic rings. The summed E-state index contributed by atoms with van der Waals surface area (Å²) in [7, 11) is 0. The summed E-state index contributed by atoms with van der Waals surface area (Å²) in [6.07, 6.45) is 5.11. The summed E-state index contributed by atoms with van der Waals surface area (Å²) in [6.45, 7) is 0. The maximum Gasteiger partial charge on any atom is 0.0543 e. The van der Waals surface area contributed by atoms with Gasteiger partial charge in [0.2, 0.25) is 0 Å². The summed E-state index contributed by atoms with van der Waals surface area (Å²) in [4.78, 5) is 0. The minimum atomic E-state index is -0.0756. The van der Waals surface area contributed by atoms with Crippen LogP contribution in [0.5, 0.6) is 0 Å². The van der Waals surface area contributed by atoms with Gasteiger partial charge in [-0.1, -0.05) is 24.3 Å². The van der Waals surface area contributed by atoms with E-state index < -0.39 is 0 Å². The van der Waals surface area contributed by atoms with Crippen LogP contribution < -0.4 is 0 Å². The van der Waals surface area contributed by atoms with Crippen LogP contribution in [0.4, 0.5) is 0 Å². The van der Waals surface area contributed by atoms with Gasteiger partial charge in [0.1, 0.15) is 0 Å². The molecular formula is C12H16O. The van der Waals surface area contributed by atoms with Crippen LogP contribution in [0.2, 0.25) is 0 Å². The number of aliphatic hydroxyl groups is 1. The van der Waals surface area contributed by atoms with Gasteiger partial charge in [-0.25, -0.2) is 0 Å². The molecule has 1 heteroatoms. The number of benzene rings is 1. The Balaban J connectivity index is 2.20. The molecule has 1 aromatic carbocycles. The molecular weight excluding hydrogens is 160 g/mol. The molecule has 1 N–H and O–H groups in total. The minimum Gasteiger partial charge on any atom is -0.393 e. The van der Waals surface area contributed by atoms with Crippen LogP contribution in [-0.4, -0.2) is 11.2 Å². The fourth-order valence-corrected chi connectivity index (χ4v) is 2.04. The average molecular weight is 176 g/mol. The van der Waals surface area contributed by atoms with Gasteiger partial charge < -0.3 is 5.11 Å². The Bertz CT molecular complexity index is 280. The number of aliphatic hydroxyl groups excluding tert-OH is 1. The number of fused-ring (bicyclic) bond motifs is 1. The molecule has 0 aliphatic heterocycles. The van der Waals surface area contributed by atoms with Crippen molar-refractivity contribution >= 4 is 0 Å². The molecule has 1 aromatic rings. The third kappa shape index (κ3) is 2.10. The first-order chi connectivity index (χ1) is 6.36. The van der Waals surface area contributed by atoms with E-state index in [0.29, 0.717) is 0 Å². The smallest absolute Gasteiger partial charge is 0.0543 e. The summed E-state index contributed by atoms with van der Waals surface area (Å²) in [5, 5.41) is 9.54. The largest absolute Gasteiger partial charge is 0.393 e. The van der Waals surface area contributed by atoms with E-state index in [2.05, 4.69) is 24.3 Å². The van der Waals surface area contributed by atoms with E-state index in [-0.39, 0.29) is 6.10 Å². The van der Waals surface area contributed by atoms with Crippen molar-refractivity contribution in [2.75, 3.05) is 0 Å². The summed E-state index contributed by atoms with van der Waals surface area (Å²) < 4.78 is 0. The van der Waals surface area contributed by atoms with Crippen molar-refractivity contribution in [1.29, 1.82) is 0 Å². The van der Waals surface area contributed by atoms with Crippen molar-refractivity contribution in [1.82, 2.24) is 0 Å². The molecule has 1 atom stereocenters. The van der Waals surface area contributed by atoms with Crippen molar-refractivity contribution in [3.05, 3.63) is 35.4 Å². The fraction of sp³-hybridized carbons (Fsp3) is 0.500. The number of hydrogen-bond donors (Lipinski definition) is 1. The second kappa shape index (κ2) is 3.93. The Kier molecular flexibility index (Phi) is 2.65. The highest BCUT2D eigenvalue weighted by Crippen LogP contribution is 2.19. The summed E-state index contributed by atoms with van der Waals surface area (Å²) in [5.41, 5.74) is 2.91. The molecule has 0 fully saturated rings. The lowest BCUT2D eigenvalue weighted by molar-refractivity contribution is 0.150. The number of rotatable bonds is 0. The lowest BCUT2D eigenvalue weighted by atomic mass is 9.92. The molecule has 0 spiro atoms. The number of aryl methyl sites for hydroxylation is 2. The molecule has 70 valence electrons. The highest BCUT2D eigenvalue weighted by atomic mass is 16.3. The monoisotopic (exact) mass is 176 g/mol. The highest BCUT2D eigenvalue weighted by Gasteiger charge is 2.10. The van der Waals surface area contributed by atoms with E-state index in [1.807, 2.05) is 0 Å². The molecule has 0 heterocycles. The average Bonchev–Trinajstić information content (AvgIpc) is 2.13. The zero-order chi connectivity index (χ0) is 9.10. The van der Waals surface area contributed by atoms with Gasteiger partial charge in [-0.05, 0) is 43.2 Å². The third-order valence-corrected chi connectivity index (χ3v) is 2.85.